The molecule has 104 valence electrons. The van der Waals surface area contributed by atoms with Crippen LogP contribution in [0.5, 0.6) is 0 Å². The average molecular weight is 281 g/mol. The van der Waals surface area contributed by atoms with E-state index in [2.05, 4.69) is 4.84 Å². The molecule has 0 atom stereocenters. The molecular weight excluding hydrogens is 266 g/mol. The first-order valence-corrected chi connectivity index (χ1v) is 6.99. The number of aliphatic carboxylic acids is 1. The molecule has 1 aliphatic heterocycles. The smallest absolute Gasteiger partial charge is 0.341 e. The van der Waals surface area contributed by atoms with E-state index in [0.717, 1.165) is 6.26 Å². The van der Waals surface area contributed by atoms with E-state index >= 15 is 0 Å². The van der Waals surface area contributed by atoms with Crippen molar-refractivity contribution in [2.24, 2.45) is 0 Å². The van der Waals surface area contributed by atoms with E-state index in [1.165, 1.54) is 9.21 Å². The Morgan fingerprint density at radius 3 is 2.28 bits per heavy atom. The molecule has 18 heavy (non-hydrogen) atoms. The summed E-state index contributed by atoms with van der Waals surface area (Å²) in [6, 6.07) is -0.579. The van der Waals surface area contributed by atoms with Crippen molar-refractivity contribution in [2.45, 2.75) is 0 Å². The van der Waals surface area contributed by atoms with Gasteiger partial charge in [0, 0.05) is 26.2 Å². The fourth-order valence-corrected chi connectivity index (χ4v) is 2.27. The highest BCUT2D eigenvalue weighted by molar-refractivity contribution is 7.88. The number of hydrogen-bond acceptors (Lipinski definition) is 5. The van der Waals surface area contributed by atoms with Crippen LogP contribution in [0.4, 0.5) is 4.79 Å². The average Bonchev–Trinajstić information content (AvgIpc) is 2.27. The number of carbonyl (C=O) groups is 2. The number of sulfonamides is 1. The maximum absolute atomic E-state index is 11.5. The molecule has 1 fully saturated rings. The molecule has 1 rings (SSSR count). The number of carbonyl (C=O) groups excluding carboxylic acids is 1. The van der Waals surface area contributed by atoms with Gasteiger partial charge in [-0.1, -0.05) is 0 Å². The third kappa shape index (κ3) is 4.47. The predicted octanol–water partition coefficient (Wildman–Crippen LogP) is -1.71. The molecule has 0 aliphatic carbocycles. The molecule has 1 heterocycles. The Balaban J connectivity index is 2.34. The minimum Gasteiger partial charge on any atom is -0.479 e. The Hall–Kier alpha value is -1.39. The van der Waals surface area contributed by atoms with Crippen molar-refractivity contribution in [1.82, 2.24) is 14.7 Å². The first kappa shape index (κ1) is 14.7. The minimum atomic E-state index is -3.24. The molecule has 0 bridgehead atoms. The molecule has 0 radical (unpaired) electrons. The van der Waals surface area contributed by atoms with Crippen LogP contribution in [0.15, 0.2) is 0 Å². The van der Waals surface area contributed by atoms with Crippen LogP contribution in [-0.4, -0.2) is 73.8 Å². The molecule has 2 N–H and O–H groups in total. The molecule has 10 heteroatoms. The molecule has 1 saturated heterocycles. The second-order valence-electron chi connectivity index (χ2n) is 3.74. The summed E-state index contributed by atoms with van der Waals surface area (Å²) < 4.78 is 23.7. The van der Waals surface area contributed by atoms with Crippen LogP contribution in [0.2, 0.25) is 0 Å². The summed E-state index contributed by atoms with van der Waals surface area (Å²) >= 11 is 0. The van der Waals surface area contributed by atoms with Gasteiger partial charge in [-0.2, -0.15) is 4.31 Å². The number of urea groups is 1. The highest BCUT2D eigenvalue weighted by Gasteiger charge is 2.26. The van der Waals surface area contributed by atoms with Crippen molar-refractivity contribution in [2.75, 3.05) is 39.0 Å². The zero-order valence-electron chi connectivity index (χ0n) is 9.83. The molecule has 0 saturated carbocycles. The number of hydroxylamine groups is 1. The lowest BCUT2D eigenvalue weighted by Crippen LogP contribution is -2.53. The lowest BCUT2D eigenvalue weighted by atomic mass is 10.4. The monoisotopic (exact) mass is 281 g/mol. The van der Waals surface area contributed by atoms with Gasteiger partial charge in [-0.25, -0.2) is 23.5 Å². The second-order valence-corrected chi connectivity index (χ2v) is 5.72. The number of piperazine rings is 1. The molecule has 1 aliphatic rings. The number of rotatable bonds is 4. The van der Waals surface area contributed by atoms with E-state index < -0.39 is 28.6 Å². The number of carboxylic acid groups (broad SMARTS) is 1. The first-order valence-electron chi connectivity index (χ1n) is 5.14. The van der Waals surface area contributed by atoms with Gasteiger partial charge in [0.15, 0.2) is 6.61 Å². The fourth-order valence-electron chi connectivity index (χ4n) is 1.45. The van der Waals surface area contributed by atoms with Gasteiger partial charge in [0.25, 0.3) is 0 Å². The fraction of sp³-hybridized carbons (Fsp3) is 0.750. The van der Waals surface area contributed by atoms with Crippen LogP contribution in [0, 0.1) is 0 Å². The summed E-state index contributed by atoms with van der Waals surface area (Å²) in [5.74, 6) is -1.20. The zero-order chi connectivity index (χ0) is 13.8. The van der Waals surface area contributed by atoms with Crippen LogP contribution in [-0.2, 0) is 19.7 Å². The van der Waals surface area contributed by atoms with Crippen molar-refractivity contribution in [3.63, 3.8) is 0 Å². The predicted molar refractivity (Wildman–Crippen MR) is 60.1 cm³/mol. The maximum Gasteiger partial charge on any atom is 0.341 e. The number of nitrogens with zero attached hydrogens (tertiary/aromatic N) is 2. The van der Waals surface area contributed by atoms with Gasteiger partial charge in [0.05, 0.1) is 6.26 Å². The molecular formula is C8H15N3O6S. The molecule has 9 nitrogen and oxygen atoms in total. The standard InChI is InChI=1S/C8H15N3O6S/c1-18(15,16)11-4-2-10(3-5-11)8(14)9-17-6-7(12)13/h2-6H2,1H3,(H,9,14)(H,12,13). The van der Waals surface area contributed by atoms with Crippen molar-refractivity contribution >= 4 is 22.0 Å². The third-order valence-electron chi connectivity index (χ3n) is 2.35. The quantitative estimate of drug-likeness (QED) is 0.593. The van der Waals surface area contributed by atoms with Crippen molar-refractivity contribution < 1.29 is 28.0 Å². The molecule has 2 amide bonds. The van der Waals surface area contributed by atoms with Gasteiger partial charge in [-0.05, 0) is 0 Å². The Kier molecular flexibility index (Phi) is 4.87. The SMILES string of the molecule is CS(=O)(=O)N1CCN(C(=O)NOCC(=O)O)CC1. The van der Waals surface area contributed by atoms with Crippen LogP contribution in [0.1, 0.15) is 0 Å². The molecule has 0 spiro atoms. The van der Waals surface area contributed by atoms with Crippen LogP contribution in [0.3, 0.4) is 0 Å². The van der Waals surface area contributed by atoms with E-state index in [1.807, 2.05) is 5.48 Å². The largest absolute Gasteiger partial charge is 0.479 e. The molecule has 0 aromatic carbocycles. The van der Waals surface area contributed by atoms with Gasteiger partial charge in [0.1, 0.15) is 0 Å². The van der Waals surface area contributed by atoms with Crippen molar-refractivity contribution in [3.8, 4) is 0 Å². The summed E-state index contributed by atoms with van der Waals surface area (Å²) in [7, 11) is -3.24. The Morgan fingerprint density at radius 1 is 1.28 bits per heavy atom. The van der Waals surface area contributed by atoms with Gasteiger partial charge in [-0.3, -0.25) is 4.84 Å². The van der Waals surface area contributed by atoms with E-state index in [9.17, 15) is 18.0 Å². The molecule has 0 unspecified atom stereocenters. The van der Waals surface area contributed by atoms with Crippen LogP contribution in [0.25, 0.3) is 0 Å². The Bertz CT molecular complexity index is 415. The number of amides is 2. The lowest BCUT2D eigenvalue weighted by molar-refractivity contribution is -0.144. The highest BCUT2D eigenvalue weighted by atomic mass is 32.2. The topological polar surface area (TPSA) is 116 Å². The summed E-state index contributed by atoms with van der Waals surface area (Å²) in [4.78, 5) is 27.4. The number of nitrogens with one attached hydrogen (secondary N) is 1. The highest BCUT2D eigenvalue weighted by Crippen LogP contribution is 2.05. The van der Waals surface area contributed by atoms with E-state index in [-0.39, 0.29) is 26.2 Å². The second kappa shape index (κ2) is 5.98. The van der Waals surface area contributed by atoms with Crippen molar-refractivity contribution in [3.05, 3.63) is 0 Å². The summed E-state index contributed by atoms with van der Waals surface area (Å²) in [6.45, 7) is 0.260. The minimum absolute atomic E-state index is 0.213. The lowest BCUT2D eigenvalue weighted by Gasteiger charge is -2.32. The molecule has 0 aromatic rings. The van der Waals surface area contributed by atoms with Crippen LogP contribution >= 0.6 is 0 Å². The maximum atomic E-state index is 11.5. The number of hydrogen-bond donors (Lipinski definition) is 2. The van der Waals surface area contributed by atoms with Crippen LogP contribution < -0.4 is 5.48 Å². The summed E-state index contributed by atoms with van der Waals surface area (Å²) in [6.07, 6.45) is 1.11. The number of carboxylic acids is 1. The Labute approximate surface area is 104 Å². The van der Waals surface area contributed by atoms with Crippen molar-refractivity contribution in [1.29, 1.82) is 0 Å². The normalized spacial score (nSPS) is 17.5. The summed E-state index contributed by atoms with van der Waals surface area (Å²) in [5.41, 5.74) is 1.98. The van der Waals surface area contributed by atoms with Gasteiger partial charge >= 0.3 is 12.0 Å². The third-order valence-corrected chi connectivity index (χ3v) is 3.65. The van der Waals surface area contributed by atoms with Gasteiger partial charge < -0.3 is 10.0 Å². The summed E-state index contributed by atoms with van der Waals surface area (Å²) in [5, 5.41) is 8.30. The van der Waals surface area contributed by atoms with Gasteiger partial charge in [-0.15, -0.1) is 0 Å². The van der Waals surface area contributed by atoms with E-state index in [0.29, 0.717) is 0 Å². The first-order chi connectivity index (χ1) is 8.30. The van der Waals surface area contributed by atoms with E-state index in [4.69, 9.17) is 5.11 Å². The zero-order valence-corrected chi connectivity index (χ0v) is 10.6. The molecule has 0 aromatic heterocycles. The van der Waals surface area contributed by atoms with E-state index in [1.54, 1.807) is 0 Å². The Morgan fingerprint density at radius 2 is 1.83 bits per heavy atom. The van der Waals surface area contributed by atoms with Gasteiger partial charge in [0.2, 0.25) is 10.0 Å².